The molecular formula is C23H27NO3. The Balaban J connectivity index is 1.88. The van der Waals surface area contributed by atoms with Gasteiger partial charge in [0.05, 0.1) is 14.2 Å². The molecule has 1 saturated carbocycles. The van der Waals surface area contributed by atoms with Crippen molar-refractivity contribution in [3.63, 3.8) is 0 Å². The number of anilines is 1. The molecule has 0 saturated heterocycles. The summed E-state index contributed by atoms with van der Waals surface area (Å²) in [4.78, 5) is 15.1. The second-order valence-corrected chi connectivity index (χ2v) is 6.75. The SMILES string of the molecule is COc1cccc(C=CC(=O)N(c2ccccc2)C2CCCCC2)c1OC. The molecule has 0 N–H and O–H groups in total. The average Bonchev–Trinajstić information content (AvgIpc) is 2.73. The highest BCUT2D eigenvalue weighted by Crippen LogP contribution is 2.32. The maximum Gasteiger partial charge on any atom is 0.251 e. The Morgan fingerprint density at radius 3 is 2.37 bits per heavy atom. The molecule has 4 heteroatoms. The predicted octanol–water partition coefficient (Wildman–Crippen LogP) is 5.08. The van der Waals surface area contributed by atoms with E-state index in [1.807, 2.05) is 59.5 Å². The number of rotatable bonds is 6. The molecule has 1 amide bonds. The summed E-state index contributed by atoms with van der Waals surface area (Å²) in [6.45, 7) is 0. The second kappa shape index (κ2) is 9.26. The molecule has 0 radical (unpaired) electrons. The number of amides is 1. The average molecular weight is 365 g/mol. The van der Waals surface area contributed by atoms with Crippen LogP contribution in [0.2, 0.25) is 0 Å². The van der Waals surface area contributed by atoms with Crippen LogP contribution < -0.4 is 14.4 Å². The molecule has 0 heterocycles. The summed E-state index contributed by atoms with van der Waals surface area (Å²) in [6.07, 6.45) is 9.16. The third kappa shape index (κ3) is 4.51. The van der Waals surface area contributed by atoms with Gasteiger partial charge in [0, 0.05) is 23.4 Å². The third-order valence-electron chi connectivity index (χ3n) is 5.05. The van der Waals surface area contributed by atoms with Crippen molar-refractivity contribution >= 4 is 17.7 Å². The van der Waals surface area contributed by atoms with E-state index >= 15 is 0 Å². The fraction of sp³-hybridized carbons (Fsp3) is 0.348. The Labute approximate surface area is 161 Å². The lowest BCUT2D eigenvalue weighted by molar-refractivity contribution is -0.114. The fourth-order valence-corrected chi connectivity index (χ4v) is 3.73. The van der Waals surface area contributed by atoms with Gasteiger partial charge in [-0.2, -0.15) is 0 Å². The van der Waals surface area contributed by atoms with Crippen molar-refractivity contribution in [2.75, 3.05) is 19.1 Å². The van der Waals surface area contributed by atoms with Crippen LogP contribution in [0.4, 0.5) is 5.69 Å². The van der Waals surface area contributed by atoms with Crippen molar-refractivity contribution in [3.8, 4) is 11.5 Å². The molecule has 142 valence electrons. The van der Waals surface area contributed by atoms with Gasteiger partial charge in [0.2, 0.25) is 0 Å². The first-order chi connectivity index (χ1) is 13.2. The first kappa shape index (κ1) is 19.0. The van der Waals surface area contributed by atoms with Gasteiger partial charge in [-0.25, -0.2) is 0 Å². The Bertz CT molecular complexity index is 779. The van der Waals surface area contributed by atoms with Gasteiger partial charge in [-0.3, -0.25) is 4.79 Å². The van der Waals surface area contributed by atoms with Crippen LogP contribution >= 0.6 is 0 Å². The van der Waals surface area contributed by atoms with Gasteiger partial charge < -0.3 is 14.4 Å². The number of methoxy groups -OCH3 is 2. The van der Waals surface area contributed by atoms with Gasteiger partial charge in [0.25, 0.3) is 5.91 Å². The number of ether oxygens (including phenoxy) is 2. The van der Waals surface area contributed by atoms with E-state index in [4.69, 9.17) is 9.47 Å². The minimum absolute atomic E-state index is 0.00188. The normalized spacial score (nSPS) is 14.9. The van der Waals surface area contributed by atoms with Crippen LogP contribution in [0.3, 0.4) is 0 Å². The largest absolute Gasteiger partial charge is 0.493 e. The zero-order valence-electron chi connectivity index (χ0n) is 16.1. The number of benzene rings is 2. The second-order valence-electron chi connectivity index (χ2n) is 6.75. The molecule has 27 heavy (non-hydrogen) atoms. The van der Waals surface area contributed by atoms with Crippen LogP contribution in [0.1, 0.15) is 37.7 Å². The van der Waals surface area contributed by atoms with Gasteiger partial charge in [0.15, 0.2) is 11.5 Å². The molecular weight excluding hydrogens is 338 g/mol. The summed E-state index contributed by atoms with van der Waals surface area (Å²) in [6, 6.07) is 15.9. The van der Waals surface area contributed by atoms with E-state index in [-0.39, 0.29) is 11.9 Å². The van der Waals surface area contributed by atoms with Crippen molar-refractivity contribution < 1.29 is 14.3 Å². The van der Waals surface area contributed by atoms with E-state index in [1.165, 1.54) is 19.3 Å². The van der Waals surface area contributed by atoms with Crippen LogP contribution in [-0.2, 0) is 4.79 Å². The maximum absolute atomic E-state index is 13.1. The highest BCUT2D eigenvalue weighted by Gasteiger charge is 2.25. The number of hydrogen-bond donors (Lipinski definition) is 0. The Kier molecular flexibility index (Phi) is 6.53. The van der Waals surface area contributed by atoms with Crippen molar-refractivity contribution in [1.29, 1.82) is 0 Å². The van der Waals surface area contributed by atoms with E-state index in [0.29, 0.717) is 11.5 Å². The first-order valence-corrected chi connectivity index (χ1v) is 9.52. The van der Waals surface area contributed by atoms with Crippen LogP contribution in [0, 0.1) is 0 Å². The van der Waals surface area contributed by atoms with Gasteiger partial charge >= 0.3 is 0 Å². The minimum atomic E-state index is -0.00188. The van der Waals surface area contributed by atoms with E-state index in [1.54, 1.807) is 20.3 Å². The molecule has 3 rings (SSSR count). The molecule has 0 spiro atoms. The third-order valence-corrected chi connectivity index (χ3v) is 5.05. The minimum Gasteiger partial charge on any atom is -0.493 e. The summed E-state index contributed by atoms with van der Waals surface area (Å²) in [7, 11) is 3.21. The summed E-state index contributed by atoms with van der Waals surface area (Å²) >= 11 is 0. The van der Waals surface area contributed by atoms with Gasteiger partial charge in [-0.15, -0.1) is 0 Å². The topological polar surface area (TPSA) is 38.8 Å². The molecule has 0 bridgehead atoms. The monoisotopic (exact) mass is 365 g/mol. The summed E-state index contributed by atoms with van der Waals surface area (Å²) < 4.78 is 10.8. The molecule has 0 aliphatic heterocycles. The van der Waals surface area contributed by atoms with Crippen molar-refractivity contribution in [3.05, 3.63) is 60.2 Å². The van der Waals surface area contributed by atoms with Crippen LogP contribution in [0.25, 0.3) is 6.08 Å². The molecule has 0 aromatic heterocycles. The molecule has 1 aliphatic rings. The molecule has 1 aliphatic carbocycles. The summed E-state index contributed by atoms with van der Waals surface area (Å²) in [5, 5.41) is 0. The molecule has 0 unspecified atom stereocenters. The fourth-order valence-electron chi connectivity index (χ4n) is 3.73. The van der Waals surface area contributed by atoms with Crippen molar-refractivity contribution in [1.82, 2.24) is 0 Å². The van der Waals surface area contributed by atoms with Crippen LogP contribution in [0.5, 0.6) is 11.5 Å². The Hall–Kier alpha value is -2.75. The quantitative estimate of drug-likeness (QED) is 0.670. The summed E-state index contributed by atoms with van der Waals surface area (Å²) in [5.74, 6) is 1.28. The first-order valence-electron chi connectivity index (χ1n) is 9.52. The number of carbonyl (C=O) groups is 1. The highest BCUT2D eigenvalue weighted by molar-refractivity contribution is 6.04. The zero-order chi connectivity index (χ0) is 19.1. The number of hydrogen-bond acceptors (Lipinski definition) is 3. The molecule has 2 aromatic carbocycles. The Morgan fingerprint density at radius 2 is 1.70 bits per heavy atom. The predicted molar refractivity (Wildman–Crippen MR) is 109 cm³/mol. The highest BCUT2D eigenvalue weighted by atomic mass is 16.5. The summed E-state index contributed by atoms with van der Waals surface area (Å²) in [5.41, 5.74) is 1.78. The van der Waals surface area contributed by atoms with Crippen LogP contribution in [0.15, 0.2) is 54.6 Å². The lowest BCUT2D eigenvalue weighted by Crippen LogP contribution is -2.40. The standard InChI is InChI=1S/C23H27NO3/c1-26-21-15-9-10-18(23(21)27-2)16-17-22(25)24(19-11-5-3-6-12-19)20-13-7-4-8-14-20/h3,5-6,9-12,15-17,20H,4,7-8,13-14H2,1-2H3. The number of para-hydroxylation sites is 2. The molecule has 2 aromatic rings. The smallest absolute Gasteiger partial charge is 0.251 e. The molecule has 4 nitrogen and oxygen atoms in total. The molecule has 0 atom stereocenters. The van der Waals surface area contributed by atoms with Gasteiger partial charge in [-0.05, 0) is 37.1 Å². The molecule has 1 fully saturated rings. The lowest BCUT2D eigenvalue weighted by atomic mass is 9.93. The van der Waals surface area contributed by atoms with E-state index in [9.17, 15) is 4.79 Å². The van der Waals surface area contributed by atoms with E-state index in [2.05, 4.69) is 0 Å². The van der Waals surface area contributed by atoms with Crippen LogP contribution in [-0.4, -0.2) is 26.2 Å². The van der Waals surface area contributed by atoms with Gasteiger partial charge in [-0.1, -0.05) is 49.6 Å². The lowest BCUT2D eigenvalue weighted by Gasteiger charge is -2.33. The van der Waals surface area contributed by atoms with E-state index in [0.717, 1.165) is 24.1 Å². The number of carbonyl (C=O) groups excluding carboxylic acids is 1. The zero-order valence-corrected chi connectivity index (χ0v) is 16.1. The van der Waals surface area contributed by atoms with Crippen molar-refractivity contribution in [2.45, 2.75) is 38.1 Å². The maximum atomic E-state index is 13.1. The Morgan fingerprint density at radius 1 is 0.963 bits per heavy atom. The van der Waals surface area contributed by atoms with E-state index < -0.39 is 0 Å². The van der Waals surface area contributed by atoms with Crippen molar-refractivity contribution in [2.24, 2.45) is 0 Å². The van der Waals surface area contributed by atoms with Gasteiger partial charge in [0.1, 0.15) is 0 Å². The number of nitrogens with zero attached hydrogens (tertiary/aromatic N) is 1.